The number of nitrogens with zero attached hydrogens (tertiary/aromatic N) is 3. The van der Waals surface area contributed by atoms with Crippen LogP contribution in [0, 0.1) is 0 Å². The van der Waals surface area contributed by atoms with Gasteiger partial charge in [0.2, 0.25) is 5.91 Å². The molecule has 0 saturated carbocycles. The summed E-state index contributed by atoms with van der Waals surface area (Å²) in [6.45, 7) is 2.84. The molecular formula is C17H21N5O2. The van der Waals surface area contributed by atoms with E-state index in [2.05, 4.69) is 22.3 Å². The molecule has 0 fully saturated rings. The van der Waals surface area contributed by atoms with E-state index in [0.717, 1.165) is 30.8 Å². The van der Waals surface area contributed by atoms with E-state index in [9.17, 15) is 9.59 Å². The number of unbranched alkanes of at least 4 members (excludes halogenated alkanes) is 1. The van der Waals surface area contributed by atoms with E-state index in [0.29, 0.717) is 17.8 Å². The summed E-state index contributed by atoms with van der Waals surface area (Å²) in [7, 11) is 0. The molecule has 3 N–H and O–H groups in total. The summed E-state index contributed by atoms with van der Waals surface area (Å²) in [4.78, 5) is 27.7. The van der Waals surface area contributed by atoms with E-state index >= 15 is 0 Å². The van der Waals surface area contributed by atoms with Crippen LogP contribution >= 0.6 is 0 Å². The van der Waals surface area contributed by atoms with Crippen LogP contribution in [0.5, 0.6) is 0 Å². The molecule has 0 aliphatic carbocycles. The van der Waals surface area contributed by atoms with E-state index in [-0.39, 0.29) is 18.4 Å². The second-order valence-electron chi connectivity index (χ2n) is 5.98. The topological polar surface area (TPSA) is 103 Å². The SMILES string of the molecule is CCCCn1nc(CC(N)=O)nc1C[C@@H]1NC(=O)c2ccccc21. The van der Waals surface area contributed by atoms with Crippen molar-refractivity contribution in [2.24, 2.45) is 5.73 Å². The Bertz CT molecular complexity index is 768. The van der Waals surface area contributed by atoms with Gasteiger partial charge in [-0.1, -0.05) is 31.5 Å². The van der Waals surface area contributed by atoms with E-state index in [1.165, 1.54) is 0 Å². The molecule has 1 aliphatic rings. The number of aromatic nitrogens is 3. The molecule has 1 aromatic heterocycles. The van der Waals surface area contributed by atoms with Gasteiger partial charge in [-0.25, -0.2) is 9.67 Å². The van der Waals surface area contributed by atoms with Crippen LogP contribution in [-0.2, 0) is 24.2 Å². The number of aryl methyl sites for hydroxylation is 1. The maximum atomic E-state index is 12.1. The number of hydrogen-bond acceptors (Lipinski definition) is 4. The maximum Gasteiger partial charge on any atom is 0.252 e. The fraction of sp³-hybridized carbons (Fsp3) is 0.412. The summed E-state index contributed by atoms with van der Waals surface area (Å²) < 4.78 is 1.83. The number of carbonyl (C=O) groups excluding carboxylic acids is 2. The molecule has 2 amide bonds. The normalized spacial score (nSPS) is 16.0. The lowest BCUT2D eigenvalue weighted by molar-refractivity contribution is -0.117. The van der Waals surface area contributed by atoms with Crippen LogP contribution in [-0.4, -0.2) is 26.6 Å². The maximum absolute atomic E-state index is 12.1. The minimum Gasteiger partial charge on any atom is -0.369 e. The molecule has 7 nitrogen and oxygen atoms in total. The highest BCUT2D eigenvalue weighted by molar-refractivity contribution is 5.99. The molecule has 0 unspecified atom stereocenters. The Morgan fingerprint density at radius 3 is 2.92 bits per heavy atom. The minimum absolute atomic E-state index is 0.0275. The first kappa shape index (κ1) is 16.2. The summed E-state index contributed by atoms with van der Waals surface area (Å²) in [6.07, 6.45) is 2.57. The predicted octanol–water partition coefficient (Wildman–Crippen LogP) is 1.13. The highest BCUT2D eigenvalue weighted by atomic mass is 16.2. The van der Waals surface area contributed by atoms with Crippen molar-refractivity contribution in [3.63, 3.8) is 0 Å². The fourth-order valence-corrected chi connectivity index (χ4v) is 2.96. The van der Waals surface area contributed by atoms with Gasteiger partial charge in [0.05, 0.1) is 12.5 Å². The van der Waals surface area contributed by atoms with Crippen LogP contribution in [0.4, 0.5) is 0 Å². The van der Waals surface area contributed by atoms with Gasteiger partial charge in [-0.3, -0.25) is 9.59 Å². The third kappa shape index (κ3) is 3.29. The number of primary amides is 1. The van der Waals surface area contributed by atoms with Gasteiger partial charge in [-0.15, -0.1) is 0 Å². The second-order valence-corrected chi connectivity index (χ2v) is 5.98. The van der Waals surface area contributed by atoms with Gasteiger partial charge in [-0.05, 0) is 18.1 Å². The van der Waals surface area contributed by atoms with Gasteiger partial charge in [0.1, 0.15) is 5.82 Å². The first-order valence-electron chi connectivity index (χ1n) is 8.19. The van der Waals surface area contributed by atoms with Crippen molar-refractivity contribution in [3.05, 3.63) is 47.0 Å². The van der Waals surface area contributed by atoms with E-state index < -0.39 is 5.91 Å². The quantitative estimate of drug-likeness (QED) is 0.795. The van der Waals surface area contributed by atoms with Crippen LogP contribution in [0.3, 0.4) is 0 Å². The largest absolute Gasteiger partial charge is 0.369 e. The smallest absolute Gasteiger partial charge is 0.252 e. The molecule has 1 aromatic carbocycles. The van der Waals surface area contributed by atoms with Gasteiger partial charge in [0, 0.05) is 18.5 Å². The lowest BCUT2D eigenvalue weighted by Crippen LogP contribution is -2.22. The summed E-state index contributed by atoms with van der Waals surface area (Å²) in [6, 6.07) is 7.43. The molecular weight excluding hydrogens is 306 g/mol. The molecule has 24 heavy (non-hydrogen) atoms. The van der Waals surface area contributed by atoms with E-state index in [1.54, 1.807) is 0 Å². The summed E-state index contributed by atoms with van der Waals surface area (Å²) in [5.41, 5.74) is 6.93. The third-order valence-corrected chi connectivity index (χ3v) is 4.12. The average molecular weight is 327 g/mol. The zero-order valence-electron chi connectivity index (χ0n) is 13.7. The Morgan fingerprint density at radius 1 is 1.38 bits per heavy atom. The third-order valence-electron chi connectivity index (χ3n) is 4.12. The standard InChI is InChI=1S/C17H21N5O2/c1-2-3-8-22-16(20-15(21-22)10-14(18)23)9-13-11-6-4-5-7-12(11)17(24)19-13/h4-7,13H,2-3,8-10H2,1H3,(H2,18,23)(H,19,24)/t13-/m0/s1. The molecule has 0 radical (unpaired) electrons. The zero-order chi connectivity index (χ0) is 17.1. The molecule has 126 valence electrons. The number of hydrogen-bond donors (Lipinski definition) is 2. The second kappa shape index (κ2) is 6.82. The number of carbonyl (C=O) groups is 2. The van der Waals surface area contributed by atoms with Crippen LogP contribution in [0.25, 0.3) is 0 Å². The van der Waals surface area contributed by atoms with Crippen molar-refractivity contribution >= 4 is 11.8 Å². The monoisotopic (exact) mass is 327 g/mol. The predicted molar refractivity (Wildman–Crippen MR) is 88.2 cm³/mol. The highest BCUT2D eigenvalue weighted by Gasteiger charge is 2.29. The molecule has 0 bridgehead atoms. The minimum atomic E-state index is -0.450. The average Bonchev–Trinajstić information content (AvgIpc) is 3.07. The molecule has 1 atom stereocenters. The zero-order valence-corrected chi connectivity index (χ0v) is 13.7. The lowest BCUT2D eigenvalue weighted by Gasteiger charge is -2.12. The van der Waals surface area contributed by atoms with Crippen molar-refractivity contribution in [2.75, 3.05) is 0 Å². The number of rotatable bonds is 7. The molecule has 0 saturated heterocycles. The van der Waals surface area contributed by atoms with Gasteiger partial charge < -0.3 is 11.1 Å². The van der Waals surface area contributed by atoms with E-state index in [1.807, 2.05) is 28.9 Å². The Labute approximate surface area is 140 Å². The fourth-order valence-electron chi connectivity index (χ4n) is 2.96. The first-order chi connectivity index (χ1) is 11.6. The molecule has 7 heteroatoms. The molecule has 2 heterocycles. The van der Waals surface area contributed by atoms with Crippen LogP contribution < -0.4 is 11.1 Å². The van der Waals surface area contributed by atoms with Crippen LogP contribution in [0.1, 0.15) is 53.4 Å². The summed E-state index contributed by atoms with van der Waals surface area (Å²) >= 11 is 0. The Hall–Kier alpha value is -2.70. The summed E-state index contributed by atoms with van der Waals surface area (Å²) in [5, 5.41) is 7.39. The van der Waals surface area contributed by atoms with Gasteiger partial charge in [0.25, 0.3) is 5.91 Å². The number of nitrogens with one attached hydrogen (secondary N) is 1. The number of nitrogens with two attached hydrogens (primary N) is 1. The van der Waals surface area contributed by atoms with Crippen molar-refractivity contribution in [2.45, 2.75) is 45.2 Å². The number of benzene rings is 1. The van der Waals surface area contributed by atoms with Crippen molar-refractivity contribution in [1.82, 2.24) is 20.1 Å². The molecule has 3 rings (SSSR count). The van der Waals surface area contributed by atoms with Gasteiger partial charge in [0.15, 0.2) is 5.82 Å². The van der Waals surface area contributed by atoms with Crippen molar-refractivity contribution < 1.29 is 9.59 Å². The van der Waals surface area contributed by atoms with Crippen LogP contribution in [0.2, 0.25) is 0 Å². The van der Waals surface area contributed by atoms with Crippen molar-refractivity contribution in [3.8, 4) is 0 Å². The molecule has 2 aromatic rings. The number of amides is 2. The van der Waals surface area contributed by atoms with Crippen LogP contribution in [0.15, 0.2) is 24.3 Å². The first-order valence-corrected chi connectivity index (χ1v) is 8.19. The lowest BCUT2D eigenvalue weighted by atomic mass is 10.0. The van der Waals surface area contributed by atoms with Crippen molar-refractivity contribution in [1.29, 1.82) is 0 Å². The summed E-state index contributed by atoms with van der Waals surface area (Å²) in [5.74, 6) is 0.689. The number of fused-ring (bicyclic) bond motifs is 1. The Kier molecular flexibility index (Phi) is 4.59. The molecule has 1 aliphatic heterocycles. The Morgan fingerprint density at radius 2 is 2.17 bits per heavy atom. The van der Waals surface area contributed by atoms with Gasteiger partial charge in [-0.2, -0.15) is 5.10 Å². The van der Waals surface area contributed by atoms with E-state index in [4.69, 9.17) is 5.73 Å². The highest BCUT2D eigenvalue weighted by Crippen LogP contribution is 2.27. The molecule has 0 spiro atoms. The van der Waals surface area contributed by atoms with Gasteiger partial charge >= 0.3 is 0 Å². The Balaban J connectivity index is 1.85.